The van der Waals surface area contributed by atoms with Crippen molar-refractivity contribution in [2.45, 2.75) is 69.6 Å². The van der Waals surface area contributed by atoms with Gasteiger partial charge in [0.25, 0.3) is 5.91 Å². The van der Waals surface area contributed by atoms with Crippen molar-refractivity contribution in [2.75, 3.05) is 14.1 Å². The van der Waals surface area contributed by atoms with Gasteiger partial charge >= 0.3 is 5.97 Å². The summed E-state index contributed by atoms with van der Waals surface area (Å²) in [5, 5.41) is 45.7. The first-order valence-electron chi connectivity index (χ1n) is 13.9. The fraction of sp³-hybridized carbons (Fsp3) is 0.533. The number of aliphatic hydroxyl groups excluding tert-OH is 2. The van der Waals surface area contributed by atoms with E-state index in [-0.39, 0.29) is 16.9 Å². The minimum atomic E-state index is -2.94. The van der Waals surface area contributed by atoms with Gasteiger partial charge in [0.05, 0.1) is 23.4 Å². The number of primary amides is 1. The first-order valence-corrected chi connectivity index (χ1v) is 13.9. The summed E-state index contributed by atoms with van der Waals surface area (Å²) < 4.78 is 6.17. The first kappa shape index (κ1) is 28.8. The molecule has 0 radical (unpaired) electrons. The summed E-state index contributed by atoms with van der Waals surface area (Å²) in [6, 6.07) is 1.69. The second kappa shape index (κ2) is 9.99. The highest BCUT2D eigenvalue weighted by molar-refractivity contribution is 6.25. The molecule has 6 atom stereocenters. The van der Waals surface area contributed by atoms with Crippen LogP contribution in [0.3, 0.4) is 0 Å². The van der Waals surface area contributed by atoms with Crippen LogP contribution in [0.15, 0.2) is 34.8 Å². The smallest absolute Gasteiger partial charge is 0.309 e. The van der Waals surface area contributed by atoms with Gasteiger partial charge in [-0.1, -0.05) is 32.3 Å². The number of aliphatic hydroxyl groups is 3. The average Bonchev–Trinajstić information content (AvgIpc) is 2.91. The van der Waals surface area contributed by atoms with Crippen molar-refractivity contribution in [1.29, 1.82) is 0 Å². The highest BCUT2D eigenvalue weighted by Crippen LogP contribution is 2.57. The van der Waals surface area contributed by atoms with E-state index in [1.807, 2.05) is 0 Å². The third kappa shape index (κ3) is 4.00. The number of likely N-dealkylation sites (N-methyl/N-ethyl adjacent to an activating group) is 1. The average molecular weight is 569 g/mol. The quantitative estimate of drug-likeness (QED) is 0.266. The largest absolute Gasteiger partial charge is 0.510 e. The number of ether oxygens (including phenoxy) is 1. The summed E-state index contributed by atoms with van der Waals surface area (Å²) in [6.45, 7) is 3.51. The fourth-order valence-corrected chi connectivity index (χ4v) is 7.60. The number of phenolic OH excluding ortho intramolecular Hbond substituents is 1. The number of esters is 1. The minimum Gasteiger partial charge on any atom is -0.510 e. The molecule has 1 aromatic rings. The number of nitrogens with two attached hydrogens (primary N) is 1. The van der Waals surface area contributed by atoms with Crippen LogP contribution in [0.2, 0.25) is 0 Å². The number of carbonyl (C=O) groups is 4. The fourth-order valence-electron chi connectivity index (χ4n) is 7.60. The van der Waals surface area contributed by atoms with Crippen molar-refractivity contribution in [3.05, 3.63) is 51.5 Å². The number of nitrogens with zero attached hydrogens (tertiary/aromatic N) is 1. The van der Waals surface area contributed by atoms with Crippen LogP contribution in [-0.2, 0) is 19.1 Å². The molecular weight excluding hydrogens is 532 g/mol. The Morgan fingerprint density at radius 3 is 2.29 bits per heavy atom. The number of aromatic hydroxyl groups is 1. The predicted octanol–water partition coefficient (Wildman–Crippen LogP) is 2.09. The molecule has 41 heavy (non-hydrogen) atoms. The van der Waals surface area contributed by atoms with E-state index in [9.17, 15) is 39.6 Å². The molecule has 0 aromatic heterocycles. The van der Waals surface area contributed by atoms with E-state index in [1.54, 1.807) is 19.9 Å². The molecule has 4 aliphatic carbocycles. The van der Waals surface area contributed by atoms with Gasteiger partial charge in [-0.2, -0.15) is 0 Å². The summed E-state index contributed by atoms with van der Waals surface area (Å²) in [4.78, 5) is 55.2. The summed E-state index contributed by atoms with van der Waals surface area (Å²) in [6.07, 6.45) is 2.45. The van der Waals surface area contributed by atoms with Gasteiger partial charge in [-0.05, 0) is 57.0 Å². The SMILES string of the molecule is Cc1ccc(O)c2c1[C@H](C)[C@@H]1C(=C(O)[C@@]3(O)C(=O)C(C(N)=O)=C(O)[C@@H](N(C)C)[C@@H]3[C@H]1OC(=O)C1CCCCC1)C2=O. The first-order chi connectivity index (χ1) is 19.2. The molecule has 1 amide bonds. The van der Waals surface area contributed by atoms with Gasteiger partial charge in [-0.25, -0.2) is 0 Å². The summed E-state index contributed by atoms with van der Waals surface area (Å²) in [5.74, 6) is -9.83. The van der Waals surface area contributed by atoms with Crippen LogP contribution < -0.4 is 5.73 Å². The second-order valence-corrected chi connectivity index (χ2v) is 12.0. The number of hydrogen-bond acceptors (Lipinski definition) is 10. The number of benzene rings is 1. The van der Waals surface area contributed by atoms with Crippen LogP contribution in [0.25, 0.3) is 0 Å². The number of Topliss-reactive ketones (excluding diaryl/α,β-unsaturated/α-hetero) is 2. The Morgan fingerprint density at radius 1 is 1.07 bits per heavy atom. The van der Waals surface area contributed by atoms with Crippen molar-refractivity contribution in [2.24, 2.45) is 23.5 Å². The lowest BCUT2D eigenvalue weighted by Gasteiger charge is -2.54. The van der Waals surface area contributed by atoms with Crippen molar-refractivity contribution in [3.8, 4) is 5.75 Å². The number of fused-ring (bicyclic) bond motifs is 3. The van der Waals surface area contributed by atoms with Gasteiger partial charge in [0.1, 0.15) is 28.9 Å². The monoisotopic (exact) mass is 568 g/mol. The number of phenols is 1. The summed E-state index contributed by atoms with van der Waals surface area (Å²) in [7, 11) is 3.05. The van der Waals surface area contributed by atoms with Gasteiger partial charge in [-0.15, -0.1) is 0 Å². The van der Waals surface area contributed by atoms with Gasteiger partial charge in [0, 0.05) is 11.5 Å². The molecule has 0 aliphatic heterocycles. The van der Waals surface area contributed by atoms with E-state index in [0.29, 0.717) is 24.0 Å². The Kier molecular flexibility index (Phi) is 7.02. The van der Waals surface area contributed by atoms with Crippen LogP contribution in [0.5, 0.6) is 5.75 Å². The molecule has 0 saturated heterocycles. The second-order valence-electron chi connectivity index (χ2n) is 12.0. The molecule has 6 N–H and O–H groups in total. The molecule has 0 spiro atoms. The van der Waals surface area contributed by atoms with E-state index < -0.39 is 82.0 Å². The van der Waals surface area contributed by atoms with Gasteiger partial charge < -0.3 is 30.9 Å². The Bertz CT molecular complexity index is 1420. The number of amides is 1. The van der Waals surface area contributed by atoms with Gasteiger partial charge in [0.15, 0.2) is 11.4 Å². The number of aryl methyl sites for hydroxylation is 1. The molecule has 11 nitrogen and oxygen atoms in total. The Morgan fingerprint density at radius 2 is 1.71 bits per heavy atom. The lowest BCUT2D eigenvalue weighted by Crippen LogP contribution is -2.69. The number of rotatable bonds is 4. The van der Waals surface area contributed by atoms with Crippen LogP contribution >= 0.6 is 0 Å². The van der Waals surface area contributed by atoms with Crippen molar-refractivity contribution in [3.63, 3.8) is 0 Å². The van der Waals surface area contributed by atoms with Crippen LogP contribution in [0.4, 0.5) is 0 Å². The highest BCUT2D eigenvalue weighted by Gasteiger charge is 2.68. The molecular formula is C30H36N2O9. The molecule has 0 unspecified atom stereocenters. The van der Waals surface area contributed by atoms with E-state index in [1.165, 1.54) is 25.1 Å². The van der Waals surface area contributed by atoms with E-state index in [4.69, 9.17) is 10.5 Å². The standard InChI is InChI=1S/C30H36N2O9/c1-12-10-11-15(33)18-16(12)13(2)17-19(23(18)34)26(36)30(40)21(25(17)41-29(39)14-8-6-5-7-9-14)22(32(3)4)24(35)20(27(30)37)28(31)38/h10-11,13-14,17,21-22,25,33,35-36,40H,5-9H2,1-4H3,(H2,31,38)/t13-,17+,21+,22-,25-,30+/m0/s1. The van der Waals surface area contributed by atoms with E-state index >= 15 is 0 Å². The van der Waals surface area contributed by atoms with Crippen LogP contribution in [0.1, 0.15) is 66.4 Å². The maximum absolute atomic E-state index is 14.0. The number of ketones is 2. The minimum absolute atomic E-state index is 0.0874. The molecule has 1 aromatic carbocycles. The van der Waals surface area contributed by atoms with E-state index in [0.717, 1.165) is 19.3 Å². The van der Waals surface area contributed by atoms with Gasteiger partial charge in [0.2, 0.25) is 5.78 Å². The zero-order valence-corrected chi connectivity index (χ0v) is 23.5. The molecule has 0 heterocycles. The van der Waals surface area contributed by atoms with Crippen LogP contribution in [-0.4, -0.2) is 80.6 Å². The summed E-state index contributed by atoms with van der Waals surface area (Å²) >= 11 is 0. The third-order valence-electron chi connectivity index (χ3n) is 9.49. The predicted molar refractivity (Wildman–Crippen MR) is 145 cm³/mol. The van der Waals surface area contributed by atoms with Crippen molar-refractivity contribution in [1.82, 2.24) is 4.90 Å². The number of carbonyl (C=O) groups excluding carboxylic acids is 4. The molecule has 1 fully saturated rings. The van der Waals surface area contributed by atoms with Gasteiger partial charge in [-0.3, -0.25) is 24.1 Å². The van der Waals surface area contributed by atoms with E-state index in [2.05, 4.69) is 0 Å². The maximum atomic E-state index is 14.0. The Balaban J connectivity index is 1.80. The molecule has 11 heteroatoms. The normalized spacial score (nSPS) is 32.0. The Hall–Kier alpha value is -3.70. The summed E-state index contributed by atoms with van der Waals surface area (Å²) in [5.41, 5.74) is 2.27. The highest BCUT2D eigenvalue weighted by atomic mass is 16.5. The molecule has 220 valence electrons. The van der Waals surface area contributed by atoms with Crippen LogP contribution in [0, 0.1) is 24.7 Å². The lowest BCUT2D eigenvalue weighted by atomic mass is 9.55. The lowest BCUT2D eigenvalue weighted by molar-refractivity contribution is -0.184. The zero-order valence-electron chi connectivity index (χ0n) is 23.5. The molecule has 1 saturated carbocycles. The Labute approximate surface area is 237 Å². The topological polar surface area (TPSA) is 188 Å². The third-order valence-corrected chi connectivity index (χ3v) is 9.49. The van der Waals surface area contributed by atoms with Crippen molar-refractivity contribution < 1.29 is 44.3 Å². The molecule has 5 rings (SSSR count). The molecule has 4 aliphatic rings. The van der Waals surface area contributed by atoms with Crippen molar-refractivity contribution >= 4 is 23.4 Å². The molecule has 0 bridgehead atoms. The maximum Gasteiger partial charge on any atom is 0.309 e. The zero-order chi connectivity index (χ0) is 30.1. The number of hydrogen-bond donors (Lipinski definition) is 5.